The number of carbonyl (C=O) groups excluding carboxylic acids is 1. The highest BCUT2D eigenvalue weighted by atomic mass is 16.5. The zero-order valence-electron chi connectivity index (χ0n) is 12.5. The van der Waals surface area contributed by atoms with E-state index in [4.69, 9.17) is 10.00 Å². The van der Waals surface area contributed by atoms with E-state index < -0.39 is 0 Å². The van der Waals surface area contributed by atoms with Crippen molar-refractivity contribution in [2.24, 2.45) is 5.92 Å². The van der Waals surface area contributed by atoms with Gasteiger partial charge < -0.3 is 9.64 Å². The molecule has 4 nitrogen and oxygen atoms in total. The Kier molecular flexibility index (Phi) is 5.62. The first-order chi connectivity index (χ1) is 10.2. The Balaban J connectivity index is 1.78. The van der Waals surface area contributed by atoms with Crippen LogP contribution < -0.4 is 4.74 Å². The number of hydrogen-bond donors (Lipinski definition) is 0. The van der Waals surface area contributed by atoms with Crippen LogP contribution in [0.3, 0.4) is 0 Å². The van der Waals surface area contributed by atoms with E-state index in [1.807, 2.05) is 29.2 Å². The number of ether oxygens (including phenoxy) is 1. The second kappa shape index (κ2) is 7.68. The monoisotopic (exact) mass is 286 g/mol. The Morgan fingerprint density at radius 2 is 2.10 bits per heavy atom. The van der Waals surface area contributed by atoms with Crippen LogP contribution in [-0.2, 0) is 11.2 Å². The third-order valence-electron chi connectivity index (χ3n) is 3.93. The van der Waals surface area contributed by atoms with E-state index >= 15 is 0 Å². The van der Waals surface area contributed by atoms with E-state index in [-0.39, 0.29) is 5.91 Å². The highest BCUT2D eigenvalue weighted by Crippen LogP contribution is 2.17. The van der Waals surface area contributed by atoms with Crippen LogP contribution in [0.5, 0.6) is 5.75 Å². The van der Waals surface area contributed by atoms with Crippen LogP contribution in [0.2, 0.25) is 0 Å². The van der Waals surface area contributed by atoms with Crippen LogP contribution in [0.25, 0.3) is 0 Å². The second-order valence-corrected chi connectivity index (χ2v) is 5.64. The van der Waals surface area contributed by atoms with Crippen LogP contribution in [0.4, 0.5) is 0 Å². The van der Waals surface area contributed by atoms with Crippen molar-refractivity contribution in [2.45, 2.75) is 32.6 Å². The maximum atomic E-state index is 12.0. The van der Waals surface area contributed by atoms with Crippen LogP contribution in [-0.4, -0.2) is 30.5 Å². The quantitative estimate of drug-likeness (QED) is 0.836. The number of benzene rings is 1. The summed E-state index contributed by atoms with van der Waals surface area (Å²) >= 11 is 0. The van der Waals surface area contributed by atoms with Gasteiger partial charge in [-0.05, 0) is 36.5 Å². The van der Waals surface area contributed by atoms with Crippen LogP contribution in [0, 0.1) is 17.2 Å². The average Bonchev–Trinajstić information content (AvgIpc) is 2.64. The summed E-state index contributed by atoms with van der Waals surface area (Å²) in [6.07, 6.45) is 3.15. The fourth-order valence-electron chi connectivity index (χ4n) is 2.48. The van der Waals surface area contributed by atoms with Gasteiger partial charge in [-0.3, -0.25) is 4.79 Å². The van der Waals surface area contributed by atoms with E-state index in [1.165, 1.54) is 0 Å². The summed E-state index contributed by atoms with van der Waals surface area (Å²) in [5.41, 5.74) is 0.988. The number of rotatable bonds is 5. The summed E-state index contributed by atoms with van der Waals surface area (Å²) in [6.45, 7) is 4.20. The second-order valence-electron chi connectivity index (χ2n) is 5.64. The number of nitriles is 1. The normalized spacial score (nSPS) is 19.0. The lowest BCUT2D eigenvalue weighted by Gasteiger charge is -2.20. The molecule has 1 aliphatic rings. The molecule has 0 saturated carbocycles. The topological polar surface area (TPSA) is 53.3 Å². The molecule has 0 bridgehead atoms. The molecule has 1 fully saturated rings. The highest BCUT2D eigenvalue weighted by Gasteiger charge is 2.19. The molecule has 1 heterocycles. The molecule has 1 atom stereocenters. The van der Waals surface area contributed by atoms with E-state index in [2.05, 4.69) is 13.0 Å². The van der Waals surface area contributed by atoms with Crippen molar-refractivity contribution in [3.8, 4) is 11.8 Å². The van der Waals surface area contributed by atoms with Gasteiger partial charge in [0.1, 0.15) is 12.4 Å². The summed E-state index contributed by atoms with van der Waals surface area (Å²) in [6, 6.07) is 9.67. The summed E-state index contributed by atoms with van der Waals surface area (Å²) in [7, 11) is 0. The van der Waals surface area contributed by atoms with E-state index in [9.17, 15) is 4.79 Å². The van der Waals surface area contributed by atoms with Crippen molar-refractivity contribution in [3.05, 3.63) is 29.8 Å². The Bertz CT molecular complexity index is 505. The SMILES string of the molecule is CC1CCC(=O)N(CCOc2ccc(CC#N)cc2)CC1. The van der Waals surface area contributed by atoms with Gasteiger partial charge in [0.05, 0.1) is 19.0 Å². The molecule has 0 N–H and O–H groups in total. The summed E-state index contributed by atoms with van der Waals surface area (Å²) in [5, 5.41) is 8.62. The minimum absolute atomic E-state index is 0.243. The number of likely N-dealkylation sites (tertiary alicyclic amines) is 1. The van der Waals surface area contributed by atoms with Crippen molar-refractivity contribution in [1.29, 1.82) is 5.26 Å². The molecule has 0 aliphatic carbocycles. The first-order valence-electron chi connectivity index (χ1n) is 7.55. The Morgan fingerprint density at radius 3 is 2.81 bits per heavy atom. The molecule has 2 rings (SSSR count). The minimum atomic E-state index is 0.243. The first kappa shape index (κ1) is 15.4. The molecular formula is C17H22N2O2. The lowest BCUT2D eigenvalue weighted by molar-refractivity contribution is -0.131. The fourth-order valence-corrected chi connectivity index (χ4v) is 2.48. The van der Waals surface area contributed by atoms with Gasteiger partial charge in [0.15, 0.2) is 0 Å². The third kappa shape index (κ3) is 4.78. The standard InChI is InChI=1S/C17H22N2O2/c1-14-2-7-17(20)19(11-9-14)12-13-21-16-5-3-15(4-6-16)8-10-18/h3-6,14H,2,7-9,11-13H2,1H3. The largest absolute Gasteiger partial charge is 0.492 e. The molecule has 1 aromatic rings. The lowest BCUT2D eigenvalue weighted by atomic mass is 10.0. The van der Waals surface area contributed by atoms with Crippen molar-refractivity contribution < 1.29 is 9.53 Å². The number of hydrogen-bond acceptors (Lipinski definition) is 3. The molecule has 4 heteroatoms. The van der Waals surface area contributed by atoms with Gasteiger partial charge in [-0.25, -0.2) is 0 Å². The Hall–Kier alpha value is -2.02. The van der Waals surface area contributed by atoms with E-state index in [1.54, 1.807) is 0 Å². The molecule has 0 spiro atoms. The molecule has 0 aromatic heterocycles. The molecule has 1 aromatic carbocycles. The predicted octanol–water partition coefficient (Wildman–Crippen LogP) is 2.78. The van der Waals surface area contributed by atoms with Gasteiger partial charge in [0.2, 0.25) is 5.91 Å². The number of nitrogens with zero attached hydrogens (tertiary/aromatic N) is 2. The van der Waals surface area contributed by atoms with Crippen molar-refractivity contribution in [2.75, 3.05) is 19.7 Å². The smallest absolute Gasteiger partial charge is 0.222 e. The molecule has 1 aliphatic heterocycles. The Labute approximate surface area is 126 Å². The zero-order chi connectivity index (χ0) is 15.1. The van der Waals surface area contributed by atoms with Crippen LogP contribution >= 0.6 is 0 Å². The highest BCUT2D eigenvalue weighted by molar-refractivity contribution is 5.76. The average molecular weight is 286 g/mol. The molecule has 1 unspecified atom stereocenters. The van der Waals surface area contributed by atoms with E-state index in [0.717, 1.165) is 30.7 Å². The number of amides is 1. The lowest BCUT2D eigenvalue weighted by Crippen LogP contribution is -2.34. The van der Waals surface area contributed by atoms with Gasteiger partial charge in [0, 0.05) is 13.0 Å². The van der Waals surface area contributed by atoms with Gasteiger partial charge in [-0.15, -0.1) is 0 Å². The van der Waals surface area contributed by atoms with Crippen LogP contribution in [0.15, 0.2) is 24.3 Å². The van der Waals surface area contributed by atoms with Gasteiger partial charge >= 0.3 is 0 Å². The van der Waals surface area contributed by atoms with Gasteiger partial charge in [-0.1, -0.05) is 19.1 Å². The van der Waals surface area contributed by atoms with Crippen molar-refractivity contribution >= 4 is 5.91 Å². The first-order valence-corrected chi connectivity index (χ1v) is 7.55. The number of carbonyl (C=O) groups is 1. The summed E-state index contributed by atoms with van der Waals surface area (Å²) in [5.74, 6) is 1.66. The van der Waals surface area contributed by atoms with E-state index in [0.29, 0.717) is 31.9 Å². The van der Waals surface area contributed by atoms with Crippen molar-refractivity contribution in [1.82, 2.24) is 4.90 Å². The molecule has 21 heavy (non-hydrogen) atoms. The molecule has 1 amide bonds. The van der Waals surface area contributed by atoms with Crippen molar-refractivity contribution in [3.63, 3.8) is 0 Å². The van der Waals surface area contributed by atoms with Gasteiger partial charge in [-0.2, -0.15) is 5.26 Å². The molecule has 0 radical (unpaired) electrons. The third-order valence-corrected chi connectivity index (χ3v) is 3.93. The van der Waals surface area contributed by atoms with Crippen LogP contribution in [0.1, 0.15) is 31.7 Å². The molecule has 1 saturated heterocycles. The van der Waals surface area contributed by atoms with Gasteiger partial charge in [0.25, 0.3) is 0 Å². The zero-order valence-corrected chi connectivity index (χ0v) is 12.5. The molecule has 112 valence electrons. The fraction of sp³-hybridized carbons (Fsp3) is 0.529. The maximum absolute atomic E-state index is 12.0. The Morgan fingerprint density at radius 1 is 1.33 bits per heavy atom. The summed E-state index contributed by atoms with van der Waals surface area (Å²) in [4.78, 5) is 13.9. The molecular weight excluding hydrogens is 264 g/mol. The minimum Gasteiger partial charge on any atom is -0.492 e. The predicted molar refractivity (Wildman–Crippen MR) is 80.8 cm³/mol. The maximum Gasteiger partial charge on any atom is 0.222 e. The summed E-state index contributed by atoms with van der Waals surface area (Å²) < 4.78 is 5.68.